The summed E-state index contributed by atoms with van der Waals surface area (Å²) in [6.07, 6.45) is 2.42. The molecule has 1 aromatic heterocycles. The van der Waals surface area contributed by atoms with Crippen molar-refractivity contribution < 1.29 is 9.90 Å². The number of rotatable bonds is 6. The van der Waals surface area contributed by atoms with Crippen molar-refractivity contribution in [2.24, 2.45) is 0 Å². The Balaban J connectivity index is 2.06. The number of carbonyl (C=O) groups is 1. The van der Waals surface area contributed by atoms with E-state index in [9.17, 15) is 4.79 Å². The topological polar surface area (TPSA) is 71.2 Å². The number of carboxylic acids is 1. The summed E-state index contributed by atoms with van der Waals surface area (Å²) in [6, 6.07) is 0.517. The van der Waals surface area contributed by atoms with Gasteiger partial charge in [0, 0.05) is 12.6 Å². The van der Waals surface area contributed by atoms with E-state index in [-0.39, 0.29) is 5.75 Å². The van der Waals surface area contributed by atoms with Crippen LogP contribution in [0.5, 0.6) is 0 Å². The predicted molar refractivity (Wildman–Crippen MR) is 73.4 cm³/mol. The lowest BCUT2D eigenvalue weighted by molar-refractivity contribution is -0.133. The lowest BCUT2D eigenvalue weighted by Gasteiger charge is -2.23. The summed E-state index contributed by atoms with van der Waals surface area (Å²) in [5, 5.41) is 17.6. The highest BCUT2D eigenvalue weighted by atomic mass is 32.2. The van der Waals surface area contributed by atoms with Gasteiger partial charge in [0.05, 0.1) is 5.75 Å². The van der Waals surface area contributed by atoms with Crippen molar-refractivity contribution in [1.29, 1.82) is 0 Å². The summed E-state index contributed by atoms with van der Waals surface area (Å²) in [6.45, 7) is 7.17. The molecule has 0 aliphatic carbocycles. The molecule has 0 bridgehead atoms. The minimum atomic E-state index is -0.826. The molecule has 1 unspecified atom stereocenters. The smallest absolute Gasteiger partial charge is 0.313 e. The van der Waals surface area contributed by atoms with E-state index >= 15 is 0 Å². The van der Waals surface area contributed by atoms with Gasteiger partial charge in [-0.25, -0.2) is 0 Å². The van der Waals surface area contributed by atoms with Crippen LogP contribution in [0.1, 0.15) is 25.6 Å². The van der Waals surface area contributed by atoms with Crippen LogP contribution in [-0.2, 0) is 11.3 Å². The molecular weight excluding hydrogens is 264 g/mol. The first-order valence-corrected chi connectivity index (χ1v) is 7.58. The van der Waals surface area contributed by atoms with E-state index in [0.717, 1.165) is 25.5 Å². The third-order valence-electron chi connectivity index (χ3n) is 3.53. The maximum absolute atomic E-state index is 10.6. The number of aliphatic carboxylic acids is 1. The van der Waals surface area contributed by atoms with Crippen molar-refractivity contribution in [3.63, 3.8) is 0 Å². The van der Waals surface area contributed by atoms with Gasteiger partial charge >= 0.3 is 5.97 Å². The Morgan fingerprint density at radius 3 is 3.00 bits per heavy atom. The zero-order chi connectivity index (χ0) is 13.8. The molecule has 0 aromatic carbocycles. The Kier molecular flexibility index (Phi) is 4.81. The summed E-state index contributed by atoms with van der Waals surface area (Å²) < 4.78 is 2.05. The van der Waals surface area contributed by atoms with E-state index in [2.05, 4.69) is 22.0 Å². The highest BCUT2D eigenvalue weighted by Gasteiger charge is 2.25. The standard InChI is InChI=1S/C12H20N4O2S/c1-3-15-6-4-5-10(15)7-16-9(2)13-14-12(16)19-8-11(17)18/h10H,3-8H2,1-2H3,(H,17,18). The van der Waals surface area contributed by atoms with Gasteiger partial charge in [-0.2, -0.15) is 0 Å². The zero-order valence-electron chi connectivity index (χ0n) is 11.4. The lowest BCUT2D eigenvalue weighted by atomic mass is 10.2. The van der Waals surface area contributed by atoms with Gasteiger partial charge < -0.3 is 9.67 Å². The molecule has 106 valence electrons. The summed E-state index contributed by atoms with van der Waals surface area (Å²) in [4.78, 5) is 13.1. The van der Waals surface area contributed by atoms with E-state index in [1.807, 2.05) is 11.5 Å². The SMILES string of the molecule is CCN1CCCC1Cn1c(C)nnc1SCC(=O)O. The number of aryl methyl sites for hydroxylation is 1. The summed E-state index contributed by atoms with van der Waals surface area (Å²) >= 11 is 1.24. The molecule has 1 saturated heterocycles. The average molecular weight is 284 g/mol. The molecule has 0 spiro atoms. The molecular formula is C12H20N4O2S. The fourth-order valence-corrected chi connectivity index (χ4v) is 3.25. The number of likely N-dealkylation sites (N-methyl/N-ethyl adjacent to an activating group) is 1. The van der Waals surface area contributed by atoms with E-state index in [1.165, 1.54) is 24.6 Å². The maximum atomic E-state index is 10.6. The van der Waals surface area contributed by atoms with Gasteiger partial charge in [0.25, 0.3) is 0 Å². The third kappa shape index (κ3) is 3.48. The van der Waals surface area contributed by atoms with Crippen LogP contribution >= 0.6 is 11.8 Å². The Bertz CT molecular complexity index is 449. The number of hydrogen-bond donors (Lipinski definition) is 1. The van der Waals surface area contributed by atoms with E-state index in [1.54, 1.807) is 0 Å². The summed E-state index contributed by atoms with van der Waals surface area (Å²) in [5.41, 5.74) is 0. The Morgan fingerprint density at radius 2 is 2.32 bits per heavy atom. The van der Waals surface area contributed by atoms with Crippen LogP contribution in [0.4, 0.5) is 0 Å². The lowest BCUT2D eigenvalue weighted by Crippen LogP contribution is -2.33. The minimum Gasteiger partial charge on any atom is -0.481 e. The Morgan fingerprint density at radius 1 is 1.53 bits per heavy atom. The Labute approximate surface area is 117 Å². The number of hydrogen-bond acceptors (Lipinski definition) is 5. The second kappa shape index (κ2) is 6.38. The highest BCUT2D eigenvalue weighted by molar-refractivity contribution is 7.99. The molecule has 1 atom stereocenters. The first-order valence-electron chi connectivity index (χ1n) is 6.60. The van der Waals surface area contributed by atoms with Gasteiger partial charge in [-0.15, -0.1) is 10.2 Å². The van der Waals surface area contributed by atoms with Crippen molar-refractivity contribution in [3.05, 3.63) is 5.82 Å². The van der Waals surface area contributed by atoms with Crippen LogP contribution in [0.3, 0.4) is 0 Å². The molecule has 1 aromatic rings. The monoisotopic (exact) mass is 284 g/mol. The Hall–Kier alpha value is -1.08. The third-order valence-corrected chi connectivity index (χ3v) is 4.48. The molecule has 2 heterocycles. The summed E-state index contributed by atoms with van der Waals surface area (Å²) in [7, 11) is 0. The summed E-state index contributed by atoms with van der Waals surface area (Å²) in [5.74, 6) is 0.0596. The molecule has 0 amide bonds. The molecule has 2 rings (SSSR count). The molecule has 0 radical (unpaired) electrons. The van der Waals surface area contributed by atoms with Crippen molar-refractivity contribution in [3.8, 4) is 0 Å². The van der Waals surface area contributed by atoms with Gasteiger partial charge in [-0.05, 0) is 32.9 Å². The molecule has 0 saturated carbocycles. The fourth-order valence-electron chi connectivity index (χ4n) is 2.53. The molecule has 7 heteroatoms. The number of aromatic nitrogens is 3. The fraction of sp³-hybridized carbons (Fsp3) is 0.750. The van der Waals surface area contributed by atoms with E-state index in [4.69, 9.17) is 5.11 Å². The van der Waals surface area contributed by atoms with Crippen LogP contribution in [0.2, 0.25) is 0 Å². The number of likely N-dealkylation sites (tertiary alicyclic amines) is 1. The molecule has 1 fully saturated rings. The van der Waals surface area contributed by atoms with Gasteiger partial charge in [0.2, 0.25) is 0 Å². The largest absolute Gasteiger partial charge is 0.481 e. The van der Waals surface area contributed by atoms with Crippen LogP contribution in [0.25, 0.3) is 0 Å². The predicted octanol–water partition coefficient (Wildman–Crippen LogP) is 1.25. The van der Waals surface area contributed by atoms with Crippen LogP contribution < -0.4 is 0 Å². The van der Waals surface area contributed by atoms with Crippen molar-refractivity contribution in [2.45, 2.75) is 44.4 Å². The first-order chi connectivity index (χ1) is 9.11. The van der Waals surface area contributed by atoms with Crippen LogP contribution in [-0.4, -0.2) is 55.6 Å². The van der Waals surface area contributed by atoms with Gasteiger partial charge in [0.1, 0.15) is 5.82 Å². The first kappa shape index (κ1) is 14.3. The minimum absolute atomic E-state index is 0.0281. The number of nitrogens with zero attached hydrogens (tertiary/aromatic N) is 4. The van der Waals surface area contributed by atoms with Gasteiger partial charge in [-0.1, -0.05) is 18.7 Å². The maximum Gasteiger partial charge on any atom is 0.313 e. The average Bonchev–Trinajstić information content (AvgIpc) is 2.96. The quantitative estimate of drug-likeness (QED) is 0.793. The second-order valence-electron chi connectivity index (χ2n) is 4.75. The molecule has 1 aliphatic rings. The van der Waals surface area contributed by atoms with Gasteiger partial charge in [0.15, 0.2) is 5.16 Å². The van der Waals surface area contributed by atoms with Crippen molar-refractivity contribution in [1.82, 2.24) is 19.7 Å². The molecule has 6 nitrogen and oxygen atoms in total. The zero-order valence-corrected chi connectivity index (χ0v) is 12.2. The molecule has 19 heavy (non-hydrogen) atoms. The normalized spacial score (nSPS) is 20.0. The van der Waals surface area contributed by atoms with Crippen LogP contribution in [0.15, 0.2) is 5.16 Å². The van der Waals surface area contributed by atoms with E-state index < -0.39 is 5.97 Å². The van der Waals surface area contributed by atoms with Gasteiger partial charge in [-0.3, -0.25) is 9.69 Å². The highest BCUT2D eigenvalue weighted by Crippen LogP contribution is 2.22. The number of carboxylic acid groups (broad SMARTS) is 1. The van der Waals surface area contributed by atoms with Crippen molar-refractivity contribution >= 4 is 17.7 Å². The van der Waals surface area contributed by atoms with Crippen molar-refractivity contribution in [2.75, 3.05) is 18.8 Å². The molecule has 1 aliphatic heterocycles. The van der Waals surface area contributed by atoms with Crippen LogP contribution in [0, 0.1) is 6.92 Å². The second-order valence-corrected chi connectivity index (χ2v) is 5.69. The number of thioether (sulfide) groups is 1. The molecule has 1 N–H and O–H groups in total. The van der Waals surface area contributed by atoms with E-state index in [0.29, 0.717) is 11.2 Å².